The molecule has 0 aromatic rings. The number of amides is 3. The average Bonchev–Trinajstić information content (AvgIpc) is 2.75. The number of hydrogen-bond acceptors (Lipinski definition) is 7. The van der Waals surface area contributed by atoms with Gasteiger partial charge in [0.2, 0.25) is 17.7 Å². The molecule has 0 aromatic carbocycles. The first-order valence-electron chi connectivity index (χ1n) is 10.9. The molecule has 0 radical (unpaired) electrons. The maximum Gasteiger partial charge on any atom is 0.326 e. The number of carboxylic acids is 1. The van der Waals surface area contributed by atoms with E-state index >= 15 is 0 Å². The van der Waals surface area contributed by atoms with Crippen LogP contribution in [0, 0.1) is 5.92 Å². The van der Waals surface area contributed by atoms with Gasteiger partial charge in [-0.05, 0) is 57.5 Å². The van der Waals surface area contributed by atoms with Crippen molar-refractivity contribution in [2.75, 3.05) is 19.6 Å². The predicted molar refractivity (Wildman–Crippen MR) is 118 cm³/mol. The molecular formula is C20H40N6O5. The second-order valence-electron chi connectivity index (χ2n) is 7.66. The van der Waals surface area contributed by atoms with Crippen molar-refractivity contribution in [3.63, 3.8) is 0 Å². The maximum atomic E-state index is 12.9. The molecule has 3 amide bonds. The van der Waals surface area contributed by atoms with E-state index in [1.807, 2.05) is 6.92 Å². The van der Waals surface area contributed by atoms with Crippen molar-refractivity contribution in [2.45, 2.75) is 76.9 Å². The SMILES string of the molecule is CCC(C)C(NC(=O)C(CCCCN)NC(=O)CN)C(=O)NC(CCCCN)C(=O)O. The van der Waals surface area contributed by atoms with Crippen molar-refractivity contribution in [3.05, 3.63) is 0 Å². The van der Waals surface area contributed by atoms with E-state index in [-0.39, 0.29) is 18.9 Å². The van der Waals surface area contributed by atoms with Gasteiger partial charge in [-0.2, -0.15) is 0 Å². The second kappa shape index (κ2) is 16.5. The molecule has 0 aliphatic rings. The van der Waals surface area contributed by atoms with E-state index in [2.05, 4.69) is 16.0 Å². The van der Waals surface area contributed by atoms with Crippen LogP contribution in [0.1, 0.15) is 58.8 Å². The van der Waals surface area contributed by atoms with Gasteiger partial charge in [0.05, 0.1) is 6.54 Å². The van der Waals surface area contributed by atoms with Gasteiger partial charge in [0.15, 0.2) is 0 Å². The second-order valence-corrected chi connectivity index (χ2v) is 7.66. The zero-order valence-corrected chi connectivity index (χ0v) is 18.7. The standard InChI is InChI=1S/C20H40N6O5/c1-3-13(2)17(19(29)25-15(20(30)31)9-5-7-11-22)26-18(28)14(8-4-6-10-21)24-16(27)12-23/h13-15,17H,3-12,21-23H2,1-2H3,(H,24,27)(H,25,29)(H,26,28)(H,30,31). The van der Waals surface area contributed by atoms with E-state index in [9.17, 15) is 24.3 Å². The number of hydrogen-bond donors (Lipinski definition) is 7. The minimum atomic E-state index is -1.14. The molecular weight excluding hydrogens is 404 g/mol. The fraction of sp³-hybridized carbons (Fsp3) is 0.800. The van der Waals surface area contributed by atoms with Crippen LogP contribution in [0.3, 0.4) is 0 Å². The van der Waals surface area contributed by atoms with Crippen LogP contribution >= 0.6 is 0 Å². The van der Waals surface area contributed by atoms with Crippen molar-refractivity contribution in [1.29, 1.82) is 0 Å². The van der Waals surface area contributed by atoms with E-state index < -0.39 is 41.8 Å². The molecule has 10 N–H and O–H groups in total. The molecule has 0 aromatic heterocycles. The summed E-state index contributed by atoms with van der Waals surface area (Å²) < 4.78 is 0. The summed E-state index contributed by atoms with van der Waals surface area (Å²) in [5.41, 5.74) is 16.3. The summed E-state index contributed by atoms with van der Waals surface area (Å²) >= 11 is 0. The van der Waals surface area contributed by atoms with Gasteiger partial charge < -0.3 is 38.3 Å². The van der Waals surface area contributed by atoms with Crippen LogP contribution in [0.25, 0.3) is 0 Å². The Kier molecular flexibility index (Phi) is 15.3. The molecule has 0 bridgehead atoms. The van der Waals surface area contributed by atoms with Crippen molar-refractivity contribution in [3.8, 4) is 0 Å². The predicted octanol–water partition coefficient (Wildman–Crippen LogP) is -1.21. The van der Waals surface area contributed by atoms with Crippen molar-refractivity contribution in [1.82, 2.24) is 16.0 Å². The van der Waals surface area contributed by atoms with Crippen molar-refractivity contribution >= 4 is 23.7 Å². The van der Waals surface area contributed by atoms with Crippen molar-refractivity contribution < 1.29 is 24.3 Å². The highest BCUT2D eigenvalue weighted by Crippen LogP contribution is 2.11. The molecule has 0 saturated heterocycles. The Balaban J connectivity index is 5.31. The van der Waals surface area contributed by atoms with Gasteiger partial charge in [0.25, 0.3) is 0 Å². The molecule has 0 aliphatic carbocycles. The fourth-order valence-corrected chi connectivity index (χ4v) is 2.98. The third kappa shape index (κ3) is 11.7. The summed E-state index contributed by atoms with van der Waals surface area (Å²) in [4.78, 5) is 48.9. The van der Waals surface area contributed by atoms with Crippen LogP contribution in [0.5, 0.6) is 0 Å². The molecule has 11 heteroatoms. The lowest BCUT2D eigenvalue weighted by Crippen LogP contribution is -2.58. The number of carbonyl (C=O) groups is 4. The molecule has 0 fully saturated rings. The van der Waals surface area contributed by atoms with Crippen LogP contribution in [0.2, 0.25) is 0 Å². The first-order chi connectivity index (χ1) is 14.7. The van der Waals surface area contributed by atoms with Crippen LogP contribution in [0.4, 0.5) is 0 Å². The number of nitrogens with two attached hydrogens (primary N) is 3. The number of aliphatic carboxylic acids is 1. The largest absolute Gasteiger partial charge is 0.480 e. The number of carbonyl (C=O) groups excluding carboxylic acids is 3. The molecule has 0 saturated carbocycles. The summed E-state index contributed by atoms with van der Waals surface area (Å²) in [5, 5.41) is 17.2. The zero-order valence-electron chi connectivity index (χ0n) is 18.7. The first kappa shape index (κ1) is 28.8. The highest BCUT2D eigenvalue weighted by molar-refractivity contribution is 5.93. The highest BCUT2D eigenvalue weighted by Gasteiger charge is 2.31. The van der Waals surface area contributed by atoms with Gasteiger partial charge in [-0.25, -0.2) is 4.79 Å². The minimum absolute atomic E-state index is 0.244. The smallest absolute Gasteiger partial charge is 0.326 e. The third-order valence-corrected chi connectivity index (χ3v) is 5.14. The van der Waals surface area contributed by atoms with Crippen molar-refractivity contribution in [2.24, 2.45) is 23.1 Å². The number of rotatable bonds is 17. The van der Waals surface area contributed by atoms with E-state index in [0.717, 1.165) is 0 Å². The quantitative estimate of drug-likeness (QED) is 0.135. The molecule has 11 nitrogen and oxygen atoms in total. The fourth-order valence-electron chi connectivity index (χ4n) is 2.98. The Hall–Kier alpha value is -2.24. The normalized spacial score (nSPS) is 14.7. The summed E-state index contributed by atoms with van der Waals surface area (Å²) in [6, 6.07) is -2.87. The molecule has 0 aliphatic heterocycles. The third-order valence-electron chi connectivity index (χ3n) is 5.14. The van der Waals surface area contributed by atoms with Gasteiger partial charge in [-0.1, -0.05) is 20.3 Å². The molecule has 4 atom stereocenters. The lowest BCUT2D eigenvalue weighted by atomic mass is 9.96. The van der Waals surface area contributed by atoms with Gasteiger partial charge in [0, 0.05) is 0 Å². The van der Waals surface area contributed by atoms with E-state index in [0.29, 0.717) is 51.6 Å². The molecule has 0 rings (SSSR count). The molecule has 0 spiro atoms. The molecule has 0 heterocycles. The van der Waals surface area contributed by atoms with Gasteiger partial charge in [-0.3, -0.25) is 14.4 Å². The van der Waals surface area contributed by atoms with Crippen LogP contribution < -0.4 is 33.2 Å². The van der Waals surface area contributed by atoms with E-state index in [1.165, 1.54) is 0 Å². The number of carboxylic acid groups (broad SMARTS) is 1. The maximum absolute atomic E-state index is 12.9. The zero-order chi connectivity index (χ0) is 23.8. The summed E-state index contributed by atoms with van der Waals surface area (Å²) in [6.07, 6.45) is 3.67. The first-order valence-corrected chi connectivity index (χ1v) is 10.9. The number of nitrogens with one attached hydrogen (secondary N) is 3. The number of unbranched alkanes of at least 4 members (excludes halogenated alkanes) is 2. The van der Waals surface area contributed by atoms with Gasteiger partial charge >= 0.3 is 5.97 Å². The Morgan fingerprint density at radius 3 is 1.81 bits per heavy atom. The van der Waals surface area contributed by atoms with E-state index in [4.69, 9.17) is 17.2 Å². The summed E-state index contributed by atoms with van der Waals surface area (Å²) in [5.74, 6) is -2.97. The van der Waals surface area contributed by atoms with Gasteiger partial charge in [-0.15, -0.1) is 0 Å². The van der Waals surface area contributed by atoms with Crippen LogP contribution in [-0.4, -0.2) is 66.6 Å². The Labute approximate surface area is 184 Å². The Bertz CT molecular complexity index is 574. The summed E-state index contributed by atoms with van der Waals surface area (Å²) in [7, 11) is 0. The van der Waals surface area contributed by atoms with Gasteiger partial charge in [0.1, 0.15) is 18.1 Å². The molecule has 31 heavy (non-hydrogen) atoms. The lowest BCUT2D eigenvalue weighted by Gasteiger charge is -2.27. The Morgan fingerprint density at radius 2 is 1.35 bits per heavy atom. The van der Waals surface area contributed by atoms with Crippen LogP contribution in [-0.2, 0) is 19.2 Å². The Morgan fingerprint density at radius 1 is 0.806 bits per heavy atom. The topological polar surface area (TPSA) is 203 Å². The van der Waals surface area contributed by atoms with Crippen LogP contribution in [0.15, 0.2) is 0 Å². The average molecular weight is 445 g/mol. The molecule has 4 unspecified atom stereocenters. The molecule has 180 valence electrons. The lowest BCUT2D eigenvalue weighted by molar-refractivity contribution is -0.143. The minimum Gasteiger partial charge on any atom is -0.480 e. The van der Waals surface area contributed by atoms with E-state index in [1.54, 1.807) is 6.92 Å². The summed E-state index contributed by atoms with van der Waals surface area (Å²) in [6.45, 7) is 4.28. The monoisotopic (exact) mass is 444 g/mol. The highest BCUT2D eigenvalue weighted by atomic mass is 16.4.